The molecule has 0 saturated carbocycles. The number of carbonyl (C=O) groups is 1. The molecule has 1 aromatic carbocycles. The summed E-state index contributed by atoms with van der Waals surface area (Å²) in [5.74, 6) is 0.141. The molecule has 0 unspecified atom stereocenters. The minimum absolute atomic E-state index is 0.0959. The van der Waals surface area contributed by atoms with Gasteiger partial charge in [0, 0.05) is 18.3 Å². The monoisotopic (exact) mass is 336 g/mol. The molecule has 0 aliphatic rings. The Bertz CT molecular complexity index is 881. The first kappa shape index (κ1) is 17.1. The van der Waals surface area contributed by atoms with Crippen LogP contribution >= 0.6 is 0 Å². The molecule has 5 heteroatoms. The number of rotatable bonds is 5. The first-order chi connectivity index (χ1) is 12.0. The summed E-state index contributed by atoms with van der Waals surface area (Å²) in [6, 6.07) is 12.0. The van der Waals surface area contributed by atoms with Gasteiger partial charge in [-0.3, -0.25) is 4.79 Å². The number of hydrogen-bond donors (Lipinski definition) is 1. The SMILES string of the molecule is CC(C)c1cc(C(=O)NCc2ccccc2)c2cnn(C(C)C)c2n1. The molecule has 0 saturated heterocycles. The van der Waals surface area contributed by atoms with E-state index < -0.39 is 0 Å². The molecule has 1 N–H and O–H groups in total. The van der Waals surface area contributed by atoms with Crippen molar-refractivity contribution in [2.45, 2.75) is 46.2 Å². The Morgan fingerprint density at radius 3 is 2.52 bits per heavy atom. The van der Waals surface area contributed by atoms with Gasteiger partial charge in [0.15, 0.2) is 5.65 Å². The lowest BCUT2D eigenvalue weighted by molar-refractivity contribution is 0.0952. The van der Waals surface area contributed by atoms with E-state index >= 15 is 0 Å². The zero-order valence-electron chi connectivity index (χ0n) is 15.2. The van der Waals surface area contributed by atoms with Crippen LogP contribution in [0.15, 0.2) is 42.6 Å². The largest absolute Gasteiger partial charge is 0.348 e. The molecule has 0 bridgehead atoms. The number of nitrogens with zero attached hydrogens (tertiary/aromatic N) is 3. The van der Waals surface area contributed by atoms with Gasteiger partial charge in [0.1, 0.15) is 0 Å². The Morgan fingerprint density at radius 2 is 1.88 bits per heavy atom. The summed E-state index contributed by atoms with van der Waals surface area (Å²) in [4.78, 5) is 17.5. The second-order valence-electron chi connectivity index (χ2n) is 6.84. The highest BCUT2D eigenvalue weighted by atomic mass is 16.1. The predicted molar refractivity (Wildman–Crippen MR) is 99.6 cm³/mol. The molecule has 0 aliphatic carbocycles. The molecule has 0 aliphatic heterocycles. The van der Waals surface area contributed by atoms with Crippen molar-refractivity contribution in [3.05, 3.63) is 59.4 Å². The molecule has 1 amide bonds. The van der Waals surface area contributed by atoms with Gasteiger partial charge in [-0.15, -0.1) is 0 Å². The van der Waals surface area contributed by atoms with E-state index in [9.17, 15) is 4.79 Å². The number of pyridine rings is 1. The first-order valence-corrected chi connectivity index (χ1v) is 8.67. The van der Waals surface area contributed by atoms with Gasteiger partial charge in [-0.25, -0.2) is 9.67 Å². The molecule has 25 heavy (non-hydrogen) atoms. The third-order valence-corrected chi connectivity index (χ3v) is 4.21. The van der Waals surface area contributed by atoms with Crippen LogP contribution in [0.1, 0.15) is 61.3 Å². The highest BCUT2D eigenvalue weighted by Crippen LogP contribution is 2.24. The van der Waals surface area contributed by atoms with E-state index in [0.29, 0.717) is 12.1 Å². The summed E-state index contributed by atoms with van der Waals surface area (Å²) < 4.78 is 1.87. The van der Waals surface area contributed by atoms with Crippen molar-refractivity contribution in [3.8, 4) is 0 Å². The fourth-order valence-corrected chi connectivity index (χ4v) is 2.77. The molecule has 0 radical (unpaired) electrons. The van der Waals surface area contributed by atoms with Crippen LogP contribution in [0.25, 0.3) is 11.0 Å². The maximum Gasteiger partial charge on any atom is 0.252 e. The van der Waals surface area contributed by atoms with Gasteiger partial charge in [-0.2, -0.15) is 5.10 Å². The van der Waals surface area contributed by atoms with Crippen LogP contribution in [0.2, 0.25) is 0 Å². The van der Waals surface area contributed by atoms with E-state index in [1.54, 1.807) is 6.20 Å². The van der Waals surface area contributed by atoms with Crippen LogP contribution in [0.5, 0.6) is 0 Å². The summed E-state index contributed by atoms with van der Waals surface area (Å²) in [7, 11) is 0. The summed E-state index contributed by atoms with van der Waals surface area (Å²) in [6.07, 6.45) is 1.74. The lowest BCUT2D eigenvalue weighted by Gasteiger charge is -2.12. The minimum Gasteiger partial charge on any atom is -0.348 e. The van der Waals surface area contributed by atoms with Crippen LogP contribution in [0.3, 0.4) is 0 Å². The van der Waals surface area contributed by atoms with Gasteiger partial charge in [-0.05, 0) is 31.4 Å². The smallest absolute Gasteiger partial charge is 0.252 e. The highest BCUT2D eigenvalue weighted by molar-refractivity contribution is 6.05. The van der Waals surface area contributed by atoms with Crippen LogP contribution in [0, 0.1) is 0 Å². The molecule has 5 nitrogen and oxygen atoms in total. The lowest BCUT2D eigenvalue weighted by atomic mass is 10.0. The van der Waals surface area contributed by atoms with E-state index in [2.05, 4.69) is 38.1 Å². The molecular formula is C20H24N4O. The summed E-state index contributed by atoms with van der Waals surface area (Å²) in [5.41, 5.74) is 3.38. The number of nitrogens with one attached hydrogen (secondary N) is 1. The summed E-state index contributed by atoms with van der Waals surface area (Å²) in [6.45, 7) is 8.78. The zero-order chi connectivity index (χ0) is 18.0. The molecule has 130 valence electrons. The van der Waals surface area contributed by atoms with E-state index in [1.165, 1.54) is 0 Å². The minimum atomic E-state index is -0.0959. The van der Waals surface area contributed by atoms with Crippen molar-refractivity contribution in [2.75, 3.05) is 0 Å². The van der Waals surface area contributed by atoms with Crippen LogP contribution in [0.4, 0.5) is 0 Å². The van der Waals surface area contributed by atoms with E-state index in [-0.39, 0.29) is 17.9 Å². The average molecular weight is 336 g/mol. The Morgan fingerprint density at radius 1 is 1.16 bits per heavy atom. The lowest BCUT2D eigenvalue weighted by Crippen LogP contribution is -2.23. The van der Waals surface area contributed by atoms with Gasteiger partial charge in [0.2, 0.25) is 0 Å². The van der Waals surface area contributed by atoms with Crippen molar-refractivity contribution in [2.24, 2.45) is 0 Å². The summed E-state index contributed by atoms with van der Waals surface area (Å²) in [5, 5.41) is 8.23. The highest BCUT2D eigenvalue weighted by Gasteiger charge is 2.18. The molecular weight excluding hydrogens is 312 g/mol. The van der Waals surface area contributed by atoms with Gasteiger partial charge in [0.25, 0.3) is 5.91 Å². The second kappa shape index (κ2) is 7.05. The normalized spacial score (nSPS) is 11.4. The maximum atomic E-state index is 12.8. The molecule has 0 atom stereocenters. The molecule has 2 aromatic heterocycles. The van der Waals surface area contributed by atoms with Crippen molar-refractivity contribution in [1.29, 1.82) is 0 Å². The third-order valence-electron chi connectivity index (χ3n) is 4.21. The first-order valence-electron chi connectivity index (χ1n) is 8.67. The number of fused-ring (bicyclic) bond motifs is 1. The maximum absolute atomic E-state index is 12.8. The van der Waals surface area contributed by atoms with Crippen LogP contribution in [-0.2, 0) is 6.54 Å². The number of aromatic nitrogens is 3. The fraction of sp³-hybridized carbons (Fsp3) is 0.350. The Hall–Kier alpha value is -2.69. The zero-order valence-corrected chi connectivity index (χ0v) is 15.2. The van der Waals surface area contributed by atoms with Crippen molar-refractivity contribution in [1.82, 2.24) is 20.1 Å². The fourth-order valence-electron chi connectivity index (χ4n) is 2.77. The molecule has 0 fully saturated rings. The number of carbonyl (C=O) groups excluding carboxylic acids is 1. The Labute approximate surface area is 148 Å². The van der Waals surface area contributed by atoms with Crippen LogP contribution in [-0.4, -0.2) is 20.7 Å². The number of benzene rings is 1. The van der Waals surface area contributed by atoms with Crippen molar-refractivity contribution >= 4 is 16.9 Å². The molecule has 3 aromatic rings. The number of amides is 1. The molecule has 0 spiro atoms. The standard InChI is InChI=1S/C20H24N4O/c1-13(2)18-10-16(17-12-22-24(14(3)4)19(17)23-18)20(25)21-11-15-8-6-5-7-9-15/h5-10,12-14H,11H2,1-4H3,(H,21,25). The third kappa shape index (κ3) is 3.55. The van der Waals surface area contributed by atoms with Gasteiger partial charge < -0.3 is 5.32 Å². The Kier molecular flexibility index (Phi) is 4.83. The van der Waals surface area contributed by atoms with Crippen molar-refractivity contribution < 1.29 is 4.79 Å². The van der Waals surface area contributed by atoms with Gasteiger partial charge in [-0.1, -0.05) is 44.2 Å². The number of hydrogen-bond acceptors (Lipinski definition) is 3. The van der Waals surface area contributed by atoms with E-state index in [1.807, 2.05) is 41.1 Å². The quantitative estimate of drug-likeness (QED) is 0.764. The van der Waals surface area contributed by atoms with E-state index in [4.69, 9.17) is 4.98 Å². The topological polar surface area (TPSA) is 59.8 Å². The molecule has 2 heterocycles. The van der Waals surface area contributed by atoms with Gasteiger partial charge in [0.05, 0.1) is 17.1 Å². The van der Waals surface area contributed by atoms with Crippen molar-refractivity contribution in [3.63, 3.8) is 0 Å². The molecule has 3 rings (SSSR count). The second-order valence-corrected chi connectivity index (χ2v) is 6.84. The predicted octanol–water partition coefficient (Wildman–Crippen LogP) is 4.07. The Balaban J connectivity index is 1.97. The summed E-state index contributed by atoms with van der Waals surface area (Å²) >= 11 is 0. The van der Waals surface area contributed by atoms with Gasteiger partial charge >= 0.3 is 0 Å². The van der Waals surface area contributed by atoms with E-state index in [0.717, 1.165) is 22.3 Å². The average Bonchev–Trinajstić information content (AvgIpc) is 3.03. The van der Waals surface area contributed by atoms with Crippen LogP contribution < -0.4 is 5.32 Å².